The van der Waals surface area contributed by atoms with Crippen LogP contribution in [-0.2, 0) is 19.5 Å². The van der Waals surface area contributed by atoms with E-state index in [-0.39, 0.29) is 0 Å². The first-order valence-electron chi connectivity index (χ1n) is 8.36. The van der Waals surface area contributed by atoms with Crippen molar-refractivity contribution in [3.05, 3.63) is 45.3 Å². The molecule has 25 heavy (non-hydrogen) atoms. The fourth-order valence-electron chi connectivity index (χ4n) is 3.19. The molecule has 0 aliphatic carbocycles. The Morgan fingerprint density at radius 1 is 1.28 bits per heavy atom. The quantitative estimate of drug-likeness (QED) is 0.779. The molecule has 0 amide bonds. The number of aromatic amines is 1. The highest BCUT2D eigenvalue weighted by atomic mass is 32.1. The molecule has 3 aromatic heterocycles. The van der Waals surface area contributed by atoms with Gasteiger partial charge in [-0.2, -0.15) is 0 Å². The Labute approximate surface area is 150 Å². The fourth-order valence-corrected chi connectivity index (χ4v) is 4.17. The van der Waals surface area contributed by atoms with Gasteiger partial charge in [-0.1, -0.05) is 0 Å². The molecule has 1 N–H and O–H groups in total. The van der Waals surface area contributed by atoms with Crippen LogP contribution < -0.4 is 4.74 Å². The van der Waals surface area contributed by atoms with Crippen LogP contribution in [0.4, 0.5) is 0 Å². The number of thiazole rings is 1. The summed E-state index contributed by atoms with van der Waals surface area (Å²) in [5.41, 5.74) is 4.51. The SMILES string of the molecule is COc1ccc(-c2nc3c([nH]2)CN(Cc2sc(C)nc2C)CC3)cn1. The molecule has 7 heteroatoms. The average molecular weight is 355 g/mol. The molecule has 0 aromatic carbocycles. The maximum Gasteiger partial charge on any atom is 0.212 e. The Bertz CT molecular complexity index is 884. The van der Waals surface area contributed by atoms with Crippen molar-refractivity contribution in [1.82, 2.24) is 24.8 Å². The zero-order valence-electron chi connectivity index (χ0n) is 14.7. The third-order valence-electron chi connectivity index (χ3n) is 4.50. The van der Waals surface area contributed by atoms with E-state index in [4.69, 9.17) is 9.72 Å². The normalized spacial score (nSPS) is 14.5. The molecule has 1 aliphatic rings. The maximum atomic E-state index is 5.12. The lowest BCUT2D eigenvalue weighted by Crippen LogP contribution is -2.30. The summed E-state index contributed by atoms with van der Waals surface area (Å²) < 4.78 is 5.12. The number of aromatic nitrogens is 4. The van der Waals surface area contributed by atoms with E-state index in [1.807, 2.05) is 12.1 Å². The lowest BCUT2D eigenvalue weighted by molar-refractivity contribution is 0.243. The number of hydrogen-bond donors (Lipinski definition) is 1. The second-order valence-corrected chi connectivity index (χ2v) is 7.59. The van der Waals surface area contributed by atoms with Crippen molar-refractivity contribution < 1.29 is 4.74 Å². The van der Waals surface area contributed by atoms with E-state index in [9.17, 15) is 0 Å². The van der Waals surface area contributed by atoms with Crippen LogP contribution in [0.5, 0.6) is 5.88 Å². The van der Waals surface area contributed by atoms with E-state index in [1.165, 1.54) is 16.3 Å². The largest absolute Gasteiger partial charge is 0.481 e. The van der Waals surface area contributed by atoms with Crippen LogP contribution >= 0.6 is 11.3 Å². The molecule has 6 nitrogen and oxygen atoms in total. The smallest absolute Gasteiger partial charge is 0.212 e. The lowest BCUT2D eigenvalue weighted by Gasteiger charge is -2.25. The summed E-state index contributed by atoms with van der Waals surface area (Å²) in [6.45, 7) is 7.03. The van der Waals surface area contributed by atoms with Gasteiger partial charge < -0.3 is 9.72 Å². The van der Waals surface area contributed by atoms with Crippen molar-refractivity contribution in [1.29, 1.82) is 0 Å². The minimum atomic E-state index is 0.612. The van der Waals surface area contributed by atoms with Gasteiger partial charge in [-0.25, -0.2) is 15.0 Å². The number of hydrogen-bond acceptors (Lipinski definition) is 6. The van der Waals surface area contributed by atoms with Crippen molar-refractivity contribution in [3.63, 3.8) is 0 Å². The van der Waals surface area contributed by atoms with E-state index in [2.05, 4.69) is 33.7 Å². The molecule has 0 radical (unpaired) electrons. The molecule has 0 fully saturated rings. The summed E-state index contributed by atoms with van der Waals surface area (Å²) in [5.74, 6) is 1.49. The van der Waals surface area contributed by atoms with Crippen LogP contribution in [-0.4, -0.2) is 38.5 Å². The number of methoxy groups -OCH3 is 1. The predicted octanol–water partition coefficient (Wildman–Crippen LogP) is 3.11. The van der Waals surface area contributed by atoms with E-state index < -0.39 is 0 Å². The first-order valence-corrected chi connectivity index (χ1v) is 9.17. The summed E-state index contributed by atoms with van der Waals surface area (Å²) in [6.07, 6.45) is 2.76. The Morgan fingerprint density at radius 3 is 2.84 bits per heavy atom. The molecule has 4 heterocycles. The van der Waals surface area contributed by atoms with Crippen LogP contribution in [0.1, 0.15) is 27.0 Å². The molecule has 130 valence electrons. The van der Waals surface area contributed by atoms with Gasteiger partial charge in [-0.05, 0) is 19.9 Å². The van der Waals surface area contributed by atoms with Crippen molar-refractivity contribution in [2.45, 2.75) is 33.4 Å². The lowest BCUT2D eigenvalue weighted by atomic mass is 10.1. The van der Waals surface area contributed by atoms with Crippen molar-refractivity contribution >= 4 is 11.3 Å². The second-order valence-electron chi connectivity index (χ2n) is 6.30. The van der Waals surface area contributed by atoms with Crippen LogP contribution in [0.15, 0.2) is 18.3 Å². The zero-order chi connectivity index (χ0) is 17.4. The van der Waals surface area contributed by atoms with Crippen LogP contribution in [0, 0.1) is 13.8 Å². The number of ether oxygens (including phenoxy) is 1. The van der Waals surface area contributed by atoms with Gasteiger partial charge in [0.15, 0.2) is 0 Å². The minimum Gasteiger partial charge on any atom is -0.481 e. The predicted molar refractivity (Wildman–Crippen MR) is 97.8 cm³/mol. The highest BCUT2D eigenvalue weighted by molar-refractivity contribution is 7.11. The van der Waals surface area contributed by atoms with Gasteiger partial charge in [0.05, 0.1) is 29.2 Å². The second kappa shape index (κ2) is 6.57. The van der Waals surface area contributed by atoms with Crippen molar-refractivity contribution in [2.24, 2.45) is 0 Å². The average Bonchev–Trinajstić information content (AvgIpc) is 3.17. The standard InChI is InChI=1S/C18H21N5OS/c1-11-16(25-12(2)20-11)10-23-7-6-14-15(9-23)22-18(21-14)13-4-5-17(24-3)19-8-13/h4-5,8H,6-7,9-10H2,1-3H3,(H,21,22). The van der Waals surface area contributed by atoms with Crippen molar-refractivity contribution in [3.8, 4) is 17.3 Å². The third kappa shape index (κ3) is 3.29. The number of nitrogens with one attached hydrogen (secondary N) is 1. The number of pyridine rings is 1. The Morgan fingerprint density at radius 2 is 2.16 bits per heavy atom. The summed E-state index contributed by atoms with van der Waals surface area (Å²) >= 11 is 1.80. The third-order valence-corrected chi connectivity index (χ3v) is 5.55. The molecule has 3 aromatic rings. The molecule has 0 spiro atoms. The molecule has 0 saturated carbocycles. The van der Waals surface area contributed by atoms with Gasteiger partial charge in [-0.3, -0.25) is 4.90 Å². The van der Waals surface area contributed by atoms with Gasteiger partial charge >= 0.3 is 0 Å². The van der Waals surface area contributed by atoms with E-state index in [0.29, 0.717) is 5.88 Å². The summed E-state index contributed by atoms with van der Waals surface area (Å²) in [4.78, 5) is 20.9. The van der Waals surface area contributed by atoms with E-state index in [0.717, 1.165) is 48.1 Å². The number of nitrogens with zero attached hydrogens (tertiary/aromatic N) is 4. The highest BCUT2D eigenvalue weighted by Gasteiger charge is 2.22. The highest BCUT2D eigenvalue weighted by Crippen LogP contribution is 2.26. The topological polar surface area (TPSA) is 66.9 Å². The molecule has 4 rings (SSSR count). The van der Waals surface area contributed by atoms with Crippen molar-refractivity contribution in [2.75, 3.05) is 13.7 Å². The van der Waals surface area contributed by atoms with Gasteiger partial charge in [-0.15, -0.1) is 11.3 Å². The Balaban J connectivity index is 1.51. The molecular weight excluding hydrogens is 334 g/mol. The fraction of sp³-hybridized carbons (Fsp3) is 0.389. The summed E-state index contributed by atoms with van der Waals surface area (Å²) in [5, 5.41) is 1.14. The molecule has 0 atom stereocenters. The van der Waals surface area contributed by atoms with Crippen LogP contribution in [0.3, 0.4) is 0 Å². The number of imidazole rings is 1. The molecule has 0 saturated heterocycles. The zero-order valence-corrected chi connectivity index (χ0v) is 15.5. The van der Waals surface area contributed by atoms with Crippen LogP contribution in [0.25, 0.3) is 11.4 Å². The minimum absolute atomic E-state index is 0.612. The number of fused-ring (bicyclic) bond motifs is 1. The first kappa shape index (κ1) is 16.2. The van der Waals surface area contributed by atoms with Gasteiger partial charge in [0.25, 0.3) is 0 Å². The number of H-pyrrole nitrogens is 1. The van der Waals surface area contributed by atoms with E-state index in [1.54, 1.807) is 24.6 Å². The number of aryl methyl sites for hydroxylation is 2. The van der Waals surface area contributed by atoms with Gasteiger partial charge in [0, 0.05) is 48.8 Å². The Hall–Kier alpha value is -2.25. The van der Waals surface area contributed by atoms with Crippen LogP contribution in [0.2, 0.25) is 0 Å². The Kier molecular flexibility index (Phi) is 4.27. The van der Waals surface area contributed by atoms with Gasteiger partial charge in [0.1, 0.15) is 5.82 Å². The van der Waals surface area contributed by atoms with Gasteiger partial charge in [0.2, 0.25) is 5.88 Å². The molecular formula is C18H21N5OS. The summed E-state index contributed by atoms with van der Waals surface area (Å²) in [6, 6.07) is 3.84. The molecule has 0 unspecified atom stereocenters. The summed E-state index contributed by atoms with van der Waals surface area (Å²) in [7, 11) is 1.62. The molecule has 1 aliphatic heterocycles. The molecule has 0 bridgehead atoms. The monoisotopic (exact) mass is 355 g/mol. The van der Waals surface area contributed by atoms with E-state index >= 15 is 0 Å². The number of rotatable bonds is 4. The first-order chi connectivity index (χ1) is 12.1. The maximum absolute atomic E-state index is 5.12.